The van der Waals surface area contributed by atoms with Crippen LogP contribution in [0.3, 0.4) is 0 Å². The summed E-state index contributed by atoms with van der Waals surface area (Å²) in [5.74, 6) is 4.95. The van der Waals surface area contributed by atoms with Gasteiger partial charge in [0.25, 0.3) is 5.91 Å². The lowest BCUT2D eigenvalue weighted by molar-refractivity contribution is 0.0655. The number of benzene rings is 1. The molecule has 0 saturated carbocycles. The topological polar surface area (TPSA) is 64.3 Å². The number of nitrogens with two attached hydrogens (primary N) is 1. The highest BCUT2D eigenvalue weighted by Crippen LogP contribution is 2.31. The average molecular weight is 264 g/mol. The number of nitrogen functional groups attached to an aromatic ring is 1. The lowest BCUT2D eigenvalue weighted by atomic mass is 10.1. The van der Waals surface area contributed by atoms with Crippen molar-refractivity contribution >= 4 is 27.3 Å². The Labute approximate surface area is 110 Å². The molecule has 1 amide bonds. The van der Waals surface area contributed by atoms with Crippen LogP contribution >= 0.6 is 11.3 Å². The van der Waals surface area contributed by atoms with Crippen LogP contribution < -0.4 is 11.3 Å². The summed E-state index contributed by atoms with van der Waals surface area (Å²) in [5, 5.41) is 1.06. The van der Waals surface area contributed by atoms with Crippen molar-refractivity contribution in [1.82, 2.24) is 5.43 Å². The second kappa shape index (κ2) is 5.48. The fourth-order valence-corrected chi connectivity index (χ4v) is 2.85. The Morgan fingerprint density at radius 2 is 2.17 bits per heavy atom. The number of nitrogens with one attached hydrogen (secondary N) is 1. The Kier molecular flexibility index (Phi) is 3.96. The molecule has 0 atom stereocenters. The van der Waals surface area contributed by atoms with Crippen LogP contribution in [-0.4, -0.2) is 12.0 Å². The molecular formula is C13H16N2O2S. The number of rotatable bonds is 4. The van der Waals surface area contributed by atoms with Gasteiger partial charge in [-0.25, -0.2) is 5.84 Å². The van der Waals surface area contributed by atoms with E-state index < -0.39 is 0 Å². The Balaban J connectivity index is 2.47. The number of carbonyl (C=O) groups is 1. The molecular weight excluding hydrogens is 248 g/mol. The van der Waals surface area contributed by atoms with Gasteiger partial charge in [-0.2, -0.15) is 0 Å². The summed E-state index contributed by atoms with van der Waals surface area (Å²) >= 11 is 1.44. The van der Waals surface area contributed by atoms with Crippen molar-refractivity contribution in [3.05, 3.63) is 34.7 Å². The highest BCUT2D eigenvalue weighted by molar-refractivity contribution is 7.21. The van der Waals surface area contributed by atoms with Gasteiger partial charge in [0.1, 0.15) is 0 Å². The minimum atomic E-state index is -0.265. The molecule has 1 aromatic heterocycles. The van der Waals surface area contributed by atoms with E-state index in [1.807, 2.05) is 38.1 Å². The fourth-order valence-electron chi connectivity index (χ4n) is 1.74. The summed E-state index contributed by atoms with van der Waals surface area (Å²) < 4.78 is 6.68. The second-order valence-electron chi connectivity index (χ2n) is 4.24. The first-order valence-electron chi connectivity index (χ1n) is 5.76. The third-order valence-corrected chi connectivity index (χ3v) is 3.81. The van der Waals surface area contributed by atoms with Crippen LogP contribution in [0.1, 0.15) is 29.1 Å². The van der Waals surface area contributed by atoms with Crippen molar-refractivity contribution in [3.63, 3.8) is 0 Å². The minimum Gasteiger partial charge on any atom is -0.374 e. The number of thiophene rings is 1. The van der Waals surface area contributed by atoms with Gasteiger partial charge in [0.2, 0.25) is 0 Å². The molecule has 0 aliphatic heterocycles. The van der Waals surface area contributed by atoms with Crippen molar-refractivity contribution < 1.29 is 9.53 Å². The predicted molar refractivity (Wildman–Crippen MR) is 73.4 cm³/mol. The van der Waals surface area contributed by atoms with Gasteiger partial charge < -0.3 is 4.74 Å². The van der Waals surface area contributed by atoms with E-state index >= 15 is 0 Å². The first-order chi connectivity index (χ1) is 8.63. The third-order valence-electron chi connectivity index (χ3n) is 2.60. The Bertz CT molecular complexity index is 563. The molecule has 0 spiro atoms. The highest BCUT2D eigenvalue weighted by atomic mass is 32.1. The van der Waals surface area contributed by atoms with E-state index in [-0.39, 0.29) is 12.0 Å². The monoisotopic (exact) mass is 264 g/mol. The van der Waals surface area contributed by atoms with Crippen LogP contribution in [0.15, 0.2) is 24.3 Å². The zero-order valence-electron chi connectivity index (χ0n) is 10.4. The number of hydrazine groups is 1. The van der Waals surface area contributed by atoms with Crippen LogP contribution in [0.2, 0.25) is 0 Å². The van der Waals surface area contributed by atoms with Crippen molar-refractivity contribution in [2.75, 3.05) is 0 Å². The van der Waals surface area contributed by atoms with Crippen molar-refractivity contribution in [1.29, 1.82) is 0 Å². The zero-order chi connectivity index (χ0) is 13.1. The largest absolute Gasteiger partial charge is 0.374 e. The normalized spacial score (nSPS) is 11.1. The molecule has 0 saturated heterocycles. The molecule has 96 valence electrons. The van der Waals surface area contributed by atoms with Crippen LogP contribution in [0, 0.1) is 0 Å². The number of ether oxygens (including phenoxy) is 1. The summed E-state index contributed by atoms with van der Waals surface area (Å²) in [5.41, 5.74) is 3.10. The summed E-state index contributed by atoms with van der Waals surface area (Å²) in [4.78, 5) is 12.4. The first kappa shape index (κ1) is 13.0. The molecule has 1 aromatic carbocycles. The predicted octanol–water partition coefficient (Wildman–Crippen LogP) is 2.43. The number of hydrogen-bond acceptors (Lipinski definition) is 4. The molecule has 18 heavy (non-hydrogen) atoms. The molecule has 4 nitrogen and oxygen atoms in total. The average Bonchev–Trinajstić information content (AvgIpc) is 2.74. The Morgan fingerprint density at radius 1 is 1.44 bits per heavy atom. The third kappa shape index (κ3) is 2.53. The van der Waals surface area contributed by atoms with Gasteiger partial charge in [0.15, 0.2) is 0 Å². The lowest BCUT2D eigenvalue weighted by Gasteiger charge is -2.08. The summed E-state index contributed by atoms with van der Waals surface area (Å²) in [6.07, 6.45) is 0.123. The standard InChI is InChI=1S/C13H16N2O2S/c1-8(2)17-7-10-9-5-3-4-6-11(9)18-12(10)13(16)15-14/h3-6,8H,7,14H2,1-2H3,(H,15,16). The fraction of sp³-hybridized carbons (Fsp3) is 0.308. The molecule has 1 heterocycles. The van der Waals surface area contributed by atoms with Gasteiger partial charge in [-0.1, -0.05) is 18.2 Å². The number of fused-ring (bicyclic) bond motifs is 1. The van der Waals surface area contributed by atoms with Gasteiger partial charge in [0.05, 0.1) is 17.6 Å². The lowest BCUT2D eigenvalue weighted by Crippen LogP contribution is -2.30. The highest BCUT2D eigenvalue weighted by Gasteiger charge is 2.17. The SMILES string of the molecule is CC(C)OCc1c(C(=O)NN)sc2ccccc12. The van der Waals surface area contributed by atoms with E-state index in [1.165, 1.54) is 11.3 Å². The molecule has 2 aromatic rings. The van der Waals surface area contributed by atoms with Gasteiger partial charge in [0, 0.05) is 10.3 Å². The molecule has 0 aliphatic rings. The van der Waals surface area contributed by atoms with Gasteiger partial charge in [-0.05, 0) is 25.3 Å². The minimum absolute atomic E-state index is 0.123. The number of carbonyl (C=O) groups excluding carboxylic acids is 1. The molecule has 0 unspecified atom stereocenters. The molecule has 2 rings (SSSR count). The van der Waals surface area contributed by atoms with Gasteiger partial charge in [-0.15, -0.1) is 11.3 Å². The Hall–Kier alpha value is -1.43. The van der Waals surface area contributed by atoms with E-state index in [0.717, 1.165) is 15.6 Å². The number of amides is 1. The molecule has 0 fully saturated rings. The van der Waals surface area contributed by atoms with Crippen molar-refractivity contribution in [3.8, 4) is 0 Å². The van der Waals surface area contributed by atoms with Crippen molar-refractivity contribution in [2.45, 2.75) is 26.6 Å². The van der Waals surface area contributed by atoms with E-state index in [9.17, 15) is 4.79 Å². The van der Waals surface area contributed by atoms with Crippen molar-refractivity contribution in [2.24, 2.45) is 5.84 Å². The van der Waals surface area contributed by atoms with E-state index in [4.69, 9.17) is 10.6 Å². The van der Waals surface area contributed by atoms with Crippen LogP contribution in [0.25, 0.3) is 10.1 Å². The zero-order valence-corrected chi connectivity index (χ0v) is 11.2. The van der Waals surface area contributed by atoms with Gasteiger partial charge >= 0.3 is 0 Å². The summed E-state index contributed by atoms with van der Waals surface area (Å²) in [6, 6.07) is 7.90. The molecule has 5 heteroatoms. The maximum atomic E-state index is 11.8. The van der Waals surface area contributed by atoms with Crippen LogP contribution in [0.4, 0.5) is 0 Å². The number of hydrogen-bond donors (Lipinski definition) is 2. The molecule has 0 aliphatic carbocycles. The smallest absolute Gasteiger partial charge is 0.275 e. The van der Waals surface area contributed by atoms with Crippen LogP contribution in [-0.2, 0) is 11.3 Å². The maximum absolute atomic E-state index is 11.8. The summed E-state index contributed by atoms with van der Waals surface area (Å²) in [7, 11) is 0. The van der Waals surface area contributed by atoms with Gasteiger partial charge in [-0.3, -0.25) is 10.2 Å². The van der Waals surface area contributed by atoms with E-state index in [0.29, 0.717) is 11.5 Å². The molecule has 0 bridgehead atoms. The quantitative estimate of drug-likeness (QED) is 0.506. The second-order valence-corrected chi connectivity index (χ2v) is 5.29. The Morgan fingerprint density at radius 3 is 2.83 bits per heavy atom. The molecule has 3 N–H and O–H groups in total. The maximum Gasteiger partial charge on any atom is 0.275 e. The summed E-state index contributed by atoms with van der Waals surface area (Å²) in [6.45, 7) is 4.36. The molecule has 0 radical (unpaired) electrons. The van der Waals surface area contributed by atoms with E-state index in [1.54, 1.807) is 0 Å². The van der Waals surface area contributed by atoms with Crippen LogP contribution in [0.5, 0.6) is 0 Å². The van der Waals surface area contributed by atoms with E-state index in [2.05, 4.69) is 5.43 Å². The first-order valence-corrected chi connectivity index (χ1v) is 6.58.